The maximum Gasteiger partial charge on any atom is 0.416 e. The van der Waals surface area contributed by atoms with Gasteiger partial charge in [0, 0.05) is 13.5 Å². The van der Waals surface area contributed by atoms with Crippen molar-refractivity contribution in [2.24, 2.45) is 7.05 Å². The van der Waals surface area contributed by atoms with Crippen molar-refractivity contribution in [3.63, 3.8) is 0 Å². The Kier molecular flexibility index (Phi) is 7.04. The van der Waals surface area contributed by atoms with E-state index in [9.17, 15) is 31.5 Å². The third-order valence-corrected chi connectivity index (χ3v) is 5.28. The minimum atomic E-state index is -4.52. The first kappa shape index (κ1) is 24.9. The van der Waals surface area contributed by atoms with Crippen LogP contribution in [0.4, 0.5) is 22.0 Å². The first-order valence-electron chi connectivity index (χ1n) is 10.0. The van der Waals surface area contributed by atoms with Crippen molar-refractivity contribution in [2.75, 3.05) is 0 Å². The number of halogens is 5. The molecule has 2 N–H and O–H groups in total. The third-order valence-electron chi connectivity index (χ3n) is 5.28. The normalized spacial score (nSPS) is 12.6. The predicted octanol–water partition coefficient (Wildman–Crippen LogP) is 5.16. The molecule has 6 nitrogen and oxygen atoms in total. The summed E-state index contributed by atoms with van der Waals surface area (Å²) in [6.07, 6.45) is -7.67. The van der Waals surface area contributed by atoms with Crippen LogP contribution in [-0.4, -0.2) is 26.8 Å². The quantitative estimate of drug-likeness (QED) is 0.457. The van der Waals surface area contributed by atoms with E-state index >= 15 is 0 Å². The van der Waals surface area contributed by atoms with Gasteiger partial charge in [-0.05, 0) is 42.3 Å². The molecule has 0 aliphatic rings. The molecule has 1 atom stereocenters. The highest BCUT2D eigenvalue weighted by Gasteiger charge is 2.31. The molecule has 1 unspecified atom stereocenters. The topological polar surface area (TPSA) is 84.2 Å². The number of hydrogen-bond donors (Lipinski definition) is 2. The minimum absolute atomic E-state index is 0.0494. The van der Waals surface area contributed by atoms with Gasteiger partial charge in [0.05, 0.1) is 28.4 Å². The lowest BCUT2D eigenvalue weighted by Gasteiger charge is -2.16. The SMILES string of the molecule is CC(NC(=O)c1c(C(F)F)nn(C)c1Cc1ccc(C(F)(F)F)cc1)c1ccc(C(=O)O)cc1. The van der Waals surface area contributed by atoms with Crippen LogP contribution in [0.1, 0.15) is 68.2 Å². The van der Waals surface area contributed by atoms with Crippen LogP contribution < -0.4 is 5.32 Å². The Hall–Kier alpha value is -3.76. The van der Waals surface area contributed by atoms with Crippen LogP contribution in [0.25, 0.3) is 0 Å². The summed E-state index contributed by atoms with van der Waals surface area (Å²) >= 11 is 0. The maximum absolute atomic E-state index is 13.6. The molecular weight excluding hydrogens is 461 g/mol. The first-order valence-corrected chi connectivity index (χ1v) is 10.0. The standard InChI is InChI=1S/C23H20F5N3O3/c1-12(14-5-7-15(8-6-14)22(33)34)29-21(32)18-17(31(2)30-19(18)20(24)25)11-13-3-9-16(10-4-13)23(26,27)28/h3-10,12,20H,11H2,1-2H3,(H,29,32)(H,33,34). The molecule has 0 bridgehead atoms. The van der Waals surface area contributed by atoms with Crippen molar-refractivity contribution in [3.8, 4) is 0 Å². The molecule has 34 heavy (non-hydrogen) atoms. The number of aryl methyl sites for hydroxylation is 1. The Bertz CT molecular complexity index is 1190. The van der Waals surface area contributed by atoms with Gasteiger partial charge >= 0.3 is 12.1 Å². The molecule has 0 saturated carbocycles. The van der Waals surface area contributed by atoms with Crippen LogP contribution in [0.15, 0.2) is 48.5 Å². The van der Waals surface area contributed by atoms with Crippen molar-refractivity contribution >= 4 is 11.9 Å². The lowest BCUT2D eigenvalue weighted by Crippen LogP contribution is -2.28. The van der Waals surface area contributed by atoms with Crippen molar-refractivity contribution in [1.29, 1.82) is 0 Å². The number of hydrogen-bond acceptors (Lipinski definition) is 3. The van der Waals surface area contributed by atoms with E-state index in [-0.39, 0.29) is 23.2 Å². The highest BCUT2D eigenvalue weighted by atomic mass is 19.4. The number of nitrogens with zero attached hydrogens (tertiary/aromatic N) is 2. The fraction of sp³-hybridized carbons (Fsp3) is 0.261. The number of carbonyl (C=O) groups is 2. The molecule has 180 valence electrons. The van der Waals surface area contributed by atoms with Crippen LogP contribution in [0, 0.1) is 0 Å². The summed E-state index contributed by atoms with van der Waals surface area (Å²) in [6.45, 7) is 1.60. The van der Waals surface area contributed by atoms with Crippen LogP contribution in [0.3, 0.4) is 0 Å². The lowest BCUT2D eigenvalue weighted by atomic mass is 10.0. The Morgan fingerprint density at radius 3 is 2.15 bits per heavy atom. The smallest absolute Gasteiger partial charge is 0.416 e. The second-order valence-electron chi connectivity index (χ2n) is 7.63. The van der Waals surface area contributed by atoms with Crippen LogP contribution in [-0.2, 0) is 19.6 Å². The van der Waals surface area contributed by atoms with Crippen molar-refractivity contribution in [2.45, 2.75) is 32.0 Å². The monoisotopic (exact) mass is 481 g/mol. The second-order valence-corrected chi connectivity index (χ2v) is 7.63. The Morgan fingerprint density at radius 1 is 1.06 bits per heavy atom. The van der Waals surface area contributed by atoms with Gasteiger partial charge in [-0.1, -0.05) is 24.3 Å². The molecule has 0 saturated heterocycles. The summed E-state index contributed by atoms with van der Waals surface area (Å²) in [4.78, 5) is 24.0. The molecule has 1 aromatic heterocycles. The average Bonchev–Trinajstić information content (AvgIpc) is 3.10. The fourth-order valence-corrected chi connectivity index (χ4v) is 3.46. The van der Waals surface area contributed by atoms with Gasteiger partial charge in [-0.2, -0.15) is 18.3 Å². The Morgan fingerprint density at radius 2 is 1.65 bits per heavy atom. The number of aromatic carboxylic acids is 1. The van der Waals surface area contributed by atoms with E-state index in [4.69, 9.17) is 5.11 Å². The minimum Gasteiger partial charge on any atom is -0.478 e. The summed E-state index contributed by atoms with van der Waals surface area (Å²) in [7, 11) is 1.37. The number of carboxylic acids is 1. The molecule has 0 aliphatic carbocycles. The number of carbonyl (C=O) groups excluding carboxylic acids is 1. The molecule has 1 heterocycles. The van der Waals surface area contributed by atoms with Gasteiger partial charge in [0.1, 0.15) is 5.69 Å². The van der Waals surface area contributed by atoms with Gasteiger partial charge < -0.3 is 10.4 Å². The largest absolute Gasteiger partial charge is 0.478 e. The molecule has 1 amide bonds. The summed E-state index contributed by atoms with van der Waals surface area (Å²) in [5.74, 6) is -1.95. The zero-order chi connectivity index (χ0) is 25.2. The van der Waals surface area contributed by atoms with Crippen LogP contribution in [0.5, 0.6) is 0 Å². The summed E-state index contributed by atoms with van der Waals surface area (Å²) in [5, 5.41) is 15.4. The molecular formula is C23H20F5N3O3. The number of alkyl halides is 5. The first-order chi connectivity index (χ1) is 15.9. The molecule has 11 heteroatoms. The van der Waals surface area contributed by atoms with Crippen molar-refractivity contribution < 1.29 is 36.6 Å². The van der Waals surface area contributed by atoms with E-state index in [0.717, 1.165) is 16.8 Å². The van der Waals surface area contributed by atoms with Gasteiger partial charge in [0.15, 0.2) is 0 Å². The molecule has 0 aliphatic heterocycles. The zero-order valence-corrected chi connectivity index (χ0v) is 18.0. The van der Waals surface area contributed by atoms with Gasteiger partial charge in [0.2, 0.25) is 0 Å². The molecule has 0 fully saturated rings. The van der Waals surface area contributed by atoms with Crippen LogP contribution >= 0.6 is 0 Å². The van der Waals surface area contributed by atoms with Gasteiger partial charge in [0.25, 0.3) is 12.3 Å². The predicted molar refractivity (Wildman–Crippen MR) is 112 cm³/mol. The molecule has 3 aromatic rings. The summed E-state index contributed by atoms with van der Waals surface area (Å²) in [5.41, 5.74) is -0.861. The number of rotatable bonds is 7. The van der Waals surface area contributed by atoms with E-state index in [1.54, 1.807) is 6.92 Å². The van der Waals surface area contributed by atoms with Crippen LogP contribution in [0.2, 0.25) is 0 Å². The Labute approximate surface area is 191 Å². The highest BCUT2D eigenvalue weighted by Crippen LogP contribution is 2.30. The summed E-state index contributed by atoms with van der Waals surface area (Å²) in [6, 6.07) is 9.22. The van der Waals surface area contributed by atoms with Crippen molar-refractivity contribution in [1.82, 2.24) is 15.1 Å². The molecule has 2 aromatic carbocycles. The number of carboxylic acid groups (broad SMARTS) is 1. The zero-order valence-electron chi connectivity index (χ0n) is 18.0. The van der Waals surface area contributed by atoms with E-state index in [2.05, 4.69) is 10.4 Å². The number of amides is 1. The van der Waals surface area contributed by atoms with Gasteiger partial charge in [-0.25, -0.2) is 13.6 Å². The lowest BCUT2D eigenvalue weighted by molar-refractivity contribution is -0.137. The highest BCUT2D eigenvalue weighted by molar-refractivity contribution is 5.97. The molecule has 0 radical (unpaired) electrons. The Balaban J connectivity index is 1.89. The number of nitrogens with one attached hydrogen (secondary N) is 1. The van der Waals surface area contributed by atoms with Gasteiger partial charge in [-0.15, -0.1) is 0 Å². The maximum atomic E-state index is 13.6. The van der Waals surface area contributed by atoms with Crippen molar-refractivity contribution in [3.05, 3.63) is 87.7 Å². The second kappa shape index (κ2) is 9.62. The molecule has 0 spiro atoms. The van der Waals surface area contributed by atoms with E-state index in [1.165, 1.54) is 43.4 Å². The number of benzene rings is 2. The third kappa shape index (κ3) is 5.41. The van der Waals surface area contributed by atoms with E-state index in [0.29, 0.717) is 11.1 Å². The van der Waals surface area contributed by atoms with E-state index in [1.807, 2.05) is 0 Å². The number of aromatic nitrogens is 2. The fourth-order valence-electron chi connectivity index (χ4n) is 3.46. The average molecular weight is 481 g/mol. The molecule has 3 rings (SSSR count). The van der Waals surface area contributed by atoms with Gasteiger partial charge in [-0.3, -0.25) is 9.48 Å². The summed E-state index contributed by atoms with van der Waals surface area (Å²) < 4.78 is 66.9. The van der Waals surface area contributed by atoms with E-state index < -0.39 is 41.8 Å².